The molecular formula is C10H12BrN3S. The van der Waals surface area contributed by atoms with Crippen molar-refractivity contribution in [1.29, 1.82) is 0 Å². The number of hydrogen-bond donors (Lipinski definition) is 2. The lowest BCUT2D eigenvalue weighted by Gasteiger charge is -2.19. The van der Waals surface area contributed by atoms with Crippen LogP contribution in [0.2, 0.25) is 0 Å². The van der Waals surface area contributed by atoms with Gasteiger partial charge in [0.1, 0.15) is 0 Å². The van der Waals surface area contributed by atoms with Crippen LogP contribution in [-0.2, 0) is 0 Å². The van der Waals surface area contributed by atoms with E-state index in [1.807, 2.05) is 29.3 Å². The Morgan fingerprint density at radius 3 is 2.73 bits per heavy atom. The Kier molecular flexibility index (Phi) is 3.56. The van der Waals surface area contributed by atoms with Crippen LogP contribution in [0.25, 0.3) is 0 Å². The molecular weight excluding hydrogens is 274 g/mol. The Labute approximate surface area is 103 Å². The van der Waals surface area contributed by atoms with Gasteiger partial charge in [-0.05, 0) is 42.9 Å². The van der Waals surface area contributed by atoms with Gasteiger partial charge in [0.05, 0.1) is 0 Å². The smallest absolute Gasteiger partial charge is 0.187 e. The van der Waals surface area contributed by atoms with Crippen LogP contribution in [0.1, 0.15) is 6.42 Å². The highest BCUT2D eigenvalue weighted by atomic mass is 79.9. The predicted molar refractivity (Wildman–Crippen MR) is 69.7 cm³/mol. The SMILES string of the molecule is S=C(Nc1ccc(Br)cc1)N1CCCN1. The van der Waals surface area contributed by atoms with Gasteiger partial charge in [0.15, 0.2) is 5.11 Å². The van der Waals surface area contributed by atoms with Gasteiger partial charge in [-0.15, -0.1) is 0 Å². The molecule has 80 valence electrons. The van der Waals surface area contributed by atoms with E-state index >= 15 is 0 Å². The molecule has 0 unspecified atom stereocenters. The number of benzene rings is 1. The van der Waals surface area contributed by atoms with Crippen LogP contribution >= 0.6 is 28.1 Å². The molecule has 3 nitrogen and oxygen atoms in total. The molecule has 5 heteroatoms. The van der Waals surface area contributed by atoms with Gasteiger partial charge in [0.2, 0.25) is 0 Å². The molecule has 1 aromatic rings. The summed E-state index contributed by atoms with van der Waals surface area (Å²) in [4.78, 5) is 0. The number of nitrogens with one attached hydrogen (secondary N) is 2. The first kappa shape index (κ1) is 10.9. The van der Waals surface area contributed by atoms with Gasteiger partial charge in [-0.25, -0.2) is 5.43 Å². The third kappa shape index (κ3) is 2.90. The van der Waals surface area contributed by atoms with E-state index in [1.54, 1.807) is 0 Å². The highest BCUT2D eigenvalue weighted by Crippen LogP contribution is 2.14. The van der Waals surface area contributed by atoms with Crippen molar-refractivity contribution in [1.82, 2.24) is 10.4 Å². The minimum Gasteiger partial charge on any atom is -0.332 e. The molecule has 0 amide bonds. The fraction of sp³-hybridized carbons (Fsp3) is 0.300. The molecule has 0 bridgehead atoms. The van der Waals surface area contributed by atoms with Gasteiger partial charge in [0, 0.05) is 23.2 Å². The van der Waals surface area contributed by atoms with Crippen molar-refractivity contribution in [3.05, 3.63) is 28.7 Å². The van der Waals surface area contributed by atoms with E-state index in [0.717, 1.165) is 34.8 Å². The maximum absolute atomic E-state index is 5.27. The highest BCUT2D eigenvalue weighted by Gasteiger charge is 2.13. The summed E-state index contributed by atoms with van der Waals surface area (Å²) in [6, 6.07) is 7.96. The largest absolute Gasteiger partial charge is 0.332 e. The second-order valence-corrected chi connectivity index (χ2v) is 4.65. The number of anilines is 1. The van der Waals surface area contributed by atoms with Crippen LogP contribution in [0.5, 0.6) is 0 Å². The quantitative estimate of drug-likeness (QED) is 0.775. The summed E-state index contributed by atoms with van der Waals surface area (Å²) < 4.78 is 1.07. The van der Waals surface area contributed by atoms with E-state index in [2.05, 4.69) is 26.7 Å². The molecule has 0 spiro atoms. The van der Waals surface area contributed by atoms with Gasteiger partial charge in [-0.3, -0.25) is 5.01 Å². The molecule has 0 radical (unpaired) electrons. The van der Waals surface area contributed by atoms with Crippen LogP contribution in [0.4, 0.5) is 5.69 Å². The molecule has 2 N–H and O–H groups in total. The predicted octanol–water partition coefficient (Wildman–Crippen LogP) is 2.36. The standard InChI is InChI=1S/C10H12BrN3S/c11-8-2-4-9(5-3-8)13-10(15)14-7-1-6-12-14/h2-5,12H,1,6-7H2,(H,13,15). The van der Waals surface area contributed by atoms with E-state index in [1.165, 1.54) is 0 Å². The van der Waals surface area contributed by atoms with Crippen molar-refractivity contribution in [2.45, 2.75) is 6.42 Å². The number of thiocarbonyl (C=S) groups is 1. The fourth-order valence-electron chi connectivity index (χ4n) is 1.43. The molecule has 15 heavy (non-hydrogen) atoms. The average Bonchev–Trinajstić information content (AvgIpc) is 2.74. The van der Waals surface area contributed by atoms with Gasteiger partial charge >= 0.3 is 0 Å². The lowest BCUT2D eigenvalue weighted by atomic mass is 10.3. The maximum atomic E-state index is 5.27. The number of hydrogen-bond acceptors (Lipinski definition) is 2. The third-order valence-electron chi connectivity index (χ3n) is 2.20. The average molecular weight is 286 g/mol. The first-order chi connectivity index (χ1) is 7.25. The number of hydrazine groups is 1. The second-order valence-electron chi connectivity index (χ2n) is 3.35. The molecule has 1 fully saturated rings. The fourth-order valence-corrected chi connectivity index (χ4v) is 1.97. The number of rotatable bonds is 1. The van der Waals surface area contributed by atoms with E-state index in [0.29, 0.717) is 0 Å². The zero-order valence-corrected chi connectivity index (χ0v) is 10.6. The summed E-state index contributed by atoms with van der Waals surface area (Å²) in [7, 11) is 0. The Balaban J connectivity index is 1.96. The zero-order valence-electron chi connectivity index (χ0n) is 8.16. The van der Waals surface area contributed by atoms with E-state index < -0.39 is 0 Å². The molecule has 0 aromatic heterocycles. The first-order valence-electron chi connectivity index (χ1n) is 4.83. The van der Waals surface area contributed by atoms with Gasteiger partial charge in [-0.2, -0.15) is 0 Å². The summed E-state index contributed by atoms with van der Waals surface area (Å²) in [5.41, 5.74) is 4.22. The summed E-state index contributed by atoms with van der Waals surface area (Å²) >= 11 is 8.66. The minimum atomic E-state index is 0.731. The molecule has 1 heterocycles. The number of nitrogens with zero attached hydrogens (tertiary/aromatic N) is 1. The molecule has 1 aliphatic heterocycles. The molecule has 1 saturated heterocycles. The van der Waals surface area contributed by atoms with Gasteiger partial charge in [0.25, 0.3) is 0 Å². The van der Waals surface area contributed by atoms with Crippen LogP contribution in [0, 0.1) is 0 Å². The van der Waals surface area contributed by atoms with Crippen molar-refractivity contribution in [3.8, 4) is 0 Å². The summed E-state index contributed by atoms with van der Waals surface area (Å²) in [6.45, 7) is 1.98. The summed E-state index contributed by atoms with van der Waals surface area (Å²) in [5, 5.41) is 5.89. The van der Waals surface area contributed by atoms with Crippen molar-refractivity contribution in [2.75, 3.05) is 18.4 Å². The van der Waals surface area contributed by atoms with Crippen molar-refractivity contribution in [2.24, 2.45) is 0 Å². The Hall–Kier alpha value is -0.650. The Morgan fingerprint density at radius 1 is 1.40 bits per heavy atom. The molecule has 0 atom stereocenters. The Bertz CT molecular complexity index is 346. The van der Waals surface area contributed by atoms with Crippen LogP contribution < -0.4 is 10.7 Å². The number of halogens is 1. The highest BCUT2D eigenvalue weighted by molar-refractivity contribution is 9.10. The topological polar surface area (TPSA) is 27.3 Å². The van der Waals surface area contributed by atoms with Crippen LogP contribution in [-0.4, -0.2) is 23.2 Å². The molecule has 2 rings (SSSR count). The lowest BCUT2D eigenvalue weighted by Crippen LogP contribution is -2.39. The first-order valence-corrected chi connectivity index (χ1v) is 6.03. The van der Waals surface area contributed by atoms with Crippen molar-refractivity contribution < 1.29 is 0 Å². The van der Waals surface area contributed by atoms with Crippen LogP contribution in [0.15, 0.2) is 28.7 Å². The lowest BCUT2D eigenvalue weighted by molar-refractivity contribution is 0.410. The molecule has 1 aliphatic rings. The Morgan fingerprint density at radius 2 is 2.13 bits per heavy atom. The molecule has 1 aromatic carbocycles. The van der Waals surface area contributed by atoms with Crippen molar-refractivity contribution >= 4 is 38.9 Å². The zero-order chi connectivity index (χ0) is 10.7. The second kappa shape index (κ2) is 4.92. The molecule has 0 saturated carbocycles. The monoisotopic (exact) mass is 285 g/mol. The van der Waals surface area contributed by atoms with Gasteiger partial charge in [-0.1, -0.05) is 15.9 Å². The minimum absolute atomic E-state index is 0.731. The summed E-state index contributed by atoms with van der Waals surface area (Å²) in [6.07, 6.45) is 1.14. The summed E-state index contributed by atoms with van der Waals surface area (Å²) in [5.74, 6) is 0. The maximum Gasteiger partial charge on any atom is 0.187 e. The van der Waals surface area contributed by atoms with Crippen LogP contribution in [0.3, 0.4) is 0 Å². The van der Waals surface area contributed by atoms with Gasteiger partial charge < -0.3 is 5.32 Å². The van der Waals surface area contributed by atoms with E-state index in [9.17, 15) is 0 Å². The third-order valence-corrected chi connectivity index (χ3v) is 3.05. The van der Waals surface area contributed by atoms with E-state index in [-0.39, 0.29) is 0 Å². The van der Waals surface area contributed by atoms with Crippen molar-refractivity contribution in [3.63, 3.8) is 0 Å². The normalized spacial score (nSPS) is 15.4. The molecule has 0 aliphatic carbocycles. The van der Waals surface area contributed by atoms with E-state index in [4.69, 9.17) is 12.2 Å².